The van der Waals surface area contributed by atoms with Gasteiger partial charge in [-0.1, -0.05) is 6.92 Å². The number of rotatable bonds is 3. The molecule has 0 spiro atoms. The number of nitrogens with two attached hydrogens (primary N) is 1. The highest BCUT2D eigenvalue weighted by Gasteiger charge is 2.50. The van der Waals surface area contributed by atoms with Gasteiger partial charge in [-0.3, -0.25) is 4.79 Å². The number of aromatic nitrogens is 3. The first-order valence-corrected chi connectivity index (χ1v) is 8.29. The van der Waals surface area contributed by atoms with Crippen molar-refractivity contribution < 1.29 is 9.18 Å². The minimum absolute atomic E-state index is 0.00306. The van der Waals surface area contributed by atoms with Gasteiger partial charge in [0, 0.05) is 18.6 Å². The number of nitrogens with zero attached hydrogens (tertiary/aromatic N) is 4. The van der Waals surface area contributed by atoms with Gasteiger partial charge in [0.05, 0.1) is 23.6 Å². The van der Waals surface area contributed by atoms with Crippen LogP contribution < -0.4 is 5.73 Å². The summed E-state index contributed by atoms with van der Waals surface area (Å²) >= 11 is 0. The average Bonchev–Trinajstić information content (AvgIpc) is 3.06. The Kier molecular flexibility index (Phi) is 3.60. The number of piperidine rings is 2. The molecule has 1 saturated carbocycles. The smallest absolute Gasteiger partial charge is 0.256 e. The van der Waals surface area contributed by atoms with Crippen LogP contribution in [0, 0.1) is 17.7 Å². The lowest BCUT2D eigenvalue weighted by Gasteiger charge is -2.57. The molecular formula is C17H20FN5O. The molecule has 2 atom stereocenters. The van der Waals surface area contributed by atoms with E-state index in [0.29, 0.717) is 24.1 Å². The molecule has 6 nitrogen and oxygen atoms in total. The zero-order valence-corrected chi connectivity index (χ0v) is 13.5. The number of amides is 1. The predicted octanol–water partition coefficient (Wildman–Crippen LogP) is 1.60. The summed E-state index contributed by atoms with van der Waals surface area (Å²) in [4.78, 5) is 16.5. The molecule has 2 aromatic rings. The highest BCUT2D eigenvalue weighted by Crippen LogP contribution is 2.46. The third-order valence-electron chi connectivity index (χ3n) is 5.55. The van der Waals surface area contributed by atoms with Crippen molar-refractivity contribution in [3.8, 4) is 5.69 Å². The molecule has 3 heterocycles. The van der Waals surface area contributed by atoms with E-state index in [9.17, 15) is 9.18 Å². The lowest BCUT2D eigenvalue weighted by Crippen LogP contribution is -2.64. The number of benzene rings is 1. The van der Waals surface area contributed by atoms with Crippen LogP contribution in [0.1, 0.15) is 30.1 Å². The second kappa shape index (κ2) is 5.66. The molecule has 7 heteroatoms. The van der Waals surface area contributed by atoms with E-state index >= 15 is 0 Å². The lowest BCUT2D eigenvalue weighted by atomic mass is 9.64. The van der Waals surface area contributed by atoms with Crippen LogP contribution in [0.3, 0.4) is 0 Å². The SMILES string of the molecule is CC1C2CC(C2)N(C(=O)c2cc(F)ccc2-n2nccn2)C1CN. The van der Waals surface area contributed by atoms with E-state index in [1.165, 1.54) is 35.4 Å². The van der Waals surface area contributed by atoms with Gasteiger partial charge in [-0.15, -0.1) is 0 Å². The molecule has 1 aromatic carbocycles. The van der Waals surface area contributed by atoms with E-state index in [-0.39, 0.29) is 23.6 Å². The first-order chi connectivity index (χ1) is 11.6. The van der Waals surface area contributed by atoms with Gasteiger partial charge in [-0.05, 0) is 42.9 Å². The lowest BCUT2D eigenvalue weighted by molar-refractivity contribution is -0.0515. The molecule has 126 valence electrons. The summed E-state index contributed by atoms with van der Waals surface area (Å²) in [6.45, 7) is 2.57. The summed E-state index contributed by atoms with van der Waals surface area (Å²) in [6, 6.07) is 4.32. The van der Waals surface area contributed by atoms with Crippen molar-refractivity contribution in [1.82, 2.24) is 19.9 Å². The molecule has 24 heavy (non-hydrogen) atoms. The minimum Gasteiger partial charge on any atom is -0.331 e. The fourth-order valence-corrected chi connectivity index (χ4v) is 4.10. The van der Waals surface area contributed by atoms with Gasteiger partial charge in [0.2, 0.25) is 0 Å². The molecule has 0 radical (unpaired) electrons. The van der Waals surface area contributed by atoms with E-state index in [4.69, 9.17) is 5.73 Å². The quantitative estimate of drug-likeness (QED) is 0.928. The van der Waals surface area contributed by atoms with Crippen LogP contribution in [0.5, 0.6) is 0 Å². The Balaban J connectivity index is 1.75. The zero-order valence-electron chi connectivity index (χ0n) is 13.5. The molecule has 2 N–H and O–H groups in total. The van der Waals surface area contributed by atoms with Crippen molar-refractivity contribution in [1.29, 1.82) is 0 Å². The molecule has 2 saturated heterocycles. The summed E-state index contributed by atoms with van der Waals surface area (Å²) in [5.41, 5.74) is 6.71. The van der Waals surface area contributed by atoms with E-state index in [1.807, 2.05) is 4.90 Å². The summed E-state index contributed by atoms with van der Waals surface area (Å²) in [5.74, 6) is 0.374. The predicted molar refractivity (Wildman–Crippen MR) is 86.0 cm³/mol. The highest BCUT2D eigenvalue weighted by atomic mass is 19.1. The Morgan fingerprint density at radius 3 is 2.71 bits per heavy atom. The first-order valence-electron chi connectivity index (χ1n) is 8.29. The first kappa shape index (κ1) is 15.3. The number of hydrogen-bond donors (Lipinski definition) is 1. The molecular weight excluding hydrogens is 309 g/mol. The average molecular weight is 329 g/mol. The van der Waals surface area contributed by atoms with Gasteiger partial charge >= 0.3 is 0 Å². The molecule has 1 aromatic heterocycles. The van der Waals surface area contributed by atoms with Gasteiger partial charge < -0.3 is 10.6 Å². The third kappa shape index (κ3) is 2.23. The Bertz CT molecular complexity index is 756. The third-order valence-corrected chi connectivity index (χ3v) is 5.55. The molecule has 1 aliphatic carbocycles. The summed E-state index contributed by atoms with van der Waals surface area (Å²) < 4.78 is 13.8. The normalized spacial score (nSPS) is 28.5. The number of hydrogen-bond acceptors (Lipinski definition) is 4. The van der Waals surface area contributed by atoms with Crippen molar-refractivity contribution in [2.45, 2.75) is 31.8 Å². The molecule has 3 aliphatic rings. The van der Waals surface area contributed by atoms with Crippen LogP contribution in [0.4, 0.5) is 4.39 Å². The van der Waals surface area contributed by atoms with Crippen molar-refractivity contribution in [3.63, 3.8) is 0 Å². The van der Waals surface area contributed by atoms with Crippen LogP contribution in [0.15, 0.2) is 30.6 Å². The number of carbonyl (C=O) groups excluding carboxylic acids is 1. The van der Waals surface area contributed by atoms with E-state index in [1.54, 1.807) is 0 Å². The summed E-state index contributed by atoms with van der Waals surface area (Å²) in [6.07, 6.45) is 5.07. The van der Waals surface area contributed by atoms with Crippen molar-refractivity contribution in [2.75, 3.05) is 6.54 Å². The number of halogens is 1. The van der Waals surface area contributed by atoms with E-state index in [0.717, 1.165) is 12.8 Å². The molecule has 2 bridgehead atoms. The number of fused-ring (bicyclic) bond motifs is 2. The van der Waals surface area contributed by atoms with Crippen molar-refractivity contribution in [2.24, 2.45) is 17.6 Å². The van der Waals surface area contributed by atoms with Gasteiger partial charge in [-0.2, -0.15) is 15.0 Å². The van der Waals surface area contributed by atoms with Gasteiger partial charge in [0.1, 0.15) is 5.82 Å². The Hall–Kier alpha value is -2.28. The highest BCUT2D eigenvalue weighted by molar-refractivity contribution is 5.98. The second-order valence-corrected chi connectivity index (χ2v) is 6.74. The van der Waals surface area contributed by atoms with Crippen molar-refractivity contribution in [3.05, 3.63) is 42.0 Å². The van der Waals surface area contributed by atoms with Crippen LogP contribution >= 0.6 is 0 Å². The standard InChI is InChI=1S/C17H20FN5O/c1-10-11-6-13(7-11)22(16(10)9-19)17(24)14-8-12(18)2-3-15(14)23-20-4-5-21-23/h2-5,8,10-11,13,16H,6-7,9,19H2,1H3. The van der Waals surface area contributed by atoms with Crippen molar-refractivity contribution >= 4 is 5.91 Å². The minimum atomic E-state index is -0.449. The monoisotopic (exact) mass is 329 g/mol. The van der Waals surface area contributed by atoms with E-state index < -0.39 is 5.82 Å². The Labute approximate surface area is 139 Å². The van der Waals surface area contributed by atoms with Crippen LogP contribution in [0.2, 0.25) is 0 Å². The molecule has 3 fully saturated rings. The van der Waals surface area contributed by atoms with Gasteiger partial charge in [0.25, 0.3) is 5.91 Å². The maximum Gasteiger partial charge on any atom is 0.256 e. The second-order valence-electron chi connectivity index (χ2n) is 6.74. The number of carbonyl (C=O) groups is 1. The summed E-state index contributed by atoms with van der Waals surface area (Å²) in [5, 5.41) is 8.15. The maximum atomic E-state index is 13.8. The molecule has 2 unspecified atom stereocenters. The van der Waals surface area contributed by atoms with Crippen LogP contribution in [-0.2, 0) is 0 Å². The van der Waals surface area contributed by atoms with Gasteiger partial charge in [0.15, 0.2) is 0 Å². The topological polar surface area (TPSA) is 77.0 Å². The summed E-state index contributed by atoms with van der Waals surface area (Å²) in [7, 11) is 0. The molecule has 2 aliphatic heterocycles. The Morgan fingerprint density at radius 1 is 1.33 bits per heavy atom. The van der Waals surface area contributed by atoms with E-state index in [2.05, 4.69) is 17.1 Å². The largest absolute Gasteiger partial charge is 0.331 e. The van der Waals surface area contributed by atoms with Crippen LogP contribution in [0.25, 0.3) is 5.69 Å². The fourth-order valence-electron chi connectivity index (χ4n) is 4.10. The van der Waals surface area contributed by atoms with Gasteiger partial charge in [-0.25, -0.2) is 4.39 Å². The molecule has 1 amide bonds. The maximum absolute atomic E-state index is 13.8. The zero-order chi connectivity index (χ0) is 16.8. The Morgan fingerprint density at radius 2 is 2.04 bits per heavy atom. The fraction of sp³-hybridized carbons (Fsp3) is 0.471. The molecule has 5 rings (SSSR count). The van der Waals surface area contributed by atoms with Crippen LogP contribution in [-0.4, -0.2) is 44.4 Å².